The summed E-state index contributed by atoms with van der Waals surface area (Å²) in [6.07, 6.45) is 5.10. The molecule has 3 aromatic heterocycles. The second-order valence-electron chi connectivity index (χ2n) is 4.04. The molecule has 0 aliphatic heterocycles. The van der Waals surface area contributed by atoms with Gasteiger partial charge in [0.1, 0.15) is 0 Å². The van der Waals surface area contributed by atoms with Gasteiger partial charge in [-0.2, -0.15) is 5.10 Å². The molecule has 3 heterocycles. The van der Waals surface area contributed by atoms with Crippen molar-refractivity contribution in [1.29, 1.82) is 0 Å². The molecule has 0 fully saturated rings. The van der Waals surface area contributed by atoms with E-state index >= 15 is 0 Å². The van der Waals surface area contributed by atoms with Crippen molar-refractivity contribution in [3.63, 3.8) is 0 Å². The molecular weight excluding hydrogens is 420 g/mol. The molecule has 0 unspecified atom stereocenters. The number of pyridine rings is 1. The SMILES string of the molecule is O=C(Nc1ccc(-n2cccn2)nc1)c1cc(Br)c(Br)s1. The van der Waals surface area contributed by atoms with Gasteiger partial charge in [0.2, 0.25) is 0 Å². The van der Waals surface area contributed by atoms with Crippen LogP contribution in [-0.4, -0.2) is 20.7 Å². The summed E-state index contributed by atoms with van der Waals surface area (Å²) in [5, 5.41) is 6.90. The molecule has 0 bridgehead atoms. The van der Waals surface area contributed by atoms with Gasteiger partial charge in [-0.15, -0.1) is 11.3 Å². The number of carbonyl (C=O) groups excluding carboxylic acids is 1. The van der Waals surface area contributed by atoms with Crippen LogP contribution in [0.15, 0.2) is 51.1 Å². The first-order valence-electron chi connectivity index (χ1n) is 5.86. The maximum absolute atomic E-state index is 12.1. The van der Waals surface area contributed by atoms with Crippen molar-refractivity contribution in [1.82, 2.24) is 14.8 Å². The number of nitrogens with zero attached hydrogens (tertiary/aromatic N) is 3. The van der Waals surface area contributed by atoms with Crippen LogP contribution in [-0.2, 0) is 0 Å². The number of aromatic nitrogens is 3. The number of hydrogen-bond donors (Lipinski definition) is 1. The van der Waals surface area contributed by atoms with Gasteiger partial charge in [0.25, 0.3) is 5.91 Å². The zero-order valence-corrected chi connectivity index (χ0v) is 14.4. The third-order valence-electron chi connectivity index (χ3n) is 2.61. The molecule has 1 amide bonds. The highest BCUT2D eigenvalue weighted by Gasteiger charge is 2.12. The Balaban J connectivity index is 1.74. The molecule has 0 radical (unpaired) electrons. The number of anilines is 1. The first kappa shape index (κ1) is 14.4. The molecular formula is C13H8Br2N4OS. The molecule has 0 aromatic carbocycles. The Kier molecular flexibility index (Phi) is 4.18. The molecule has 8 heteroatoms. The Labute approximate surface area is 141 Å². The van der Waals surface area contributed by atoms with Crippen LogP contribution in [0, 0.1) is 0 Å². The van der Waals surface area contributed by atoms with Crippen LogP contribution in [0.3, 0.4) is 0 Å². The van der Waals surface area contributed by atoms with Gasteiger partial charge in [-0.25, -0.2) is 9.67 Å². The van der Waals surface area contributed by atoms with Crippen LogP contribution in [0.4, 0.5) is 5.69 Å². The summed E-state index contributed by atoms with van der Waals surface area (Å²) in [4.78, 5) is 17.0. The van der Waals surface area contributed by atoms with Crippen molar-refractivity contribution in [2.45, 2.75) is 0 Å². The topological polar surface area (TPSA) is 59.8 Å². The highest BCUT2D eigenvalue weighted by Crippen LogP contribution is 2.32. The van der Waals surface area contributed by atoms with Gasteiger partial charge >= 0.3 is 0 Å². The zero-order valence-electron chi connectivity index (χ0n) is 10.5. The minimum absolute atomic E-state index is 0.167. The number of carbonyl (C=O) groups is 1. The molecule has 1 N–H and O–H groups in total. The van der Waals surface area contributed by atoms with Crippen LogP contribution in [0.1, 0.15) is 9.67 Å². The van der Waals surface area contributed by atoms with E-state index in [0.717, 1.165) is 8.26 Å². The summed E-state index contributed by atoms with van der Waals surface area (Å²) in [5.74, 6) is 0.527. The summed E-state index contributed by atoms with van der Waals surface area (Å²) in [7, 11) is 0. The molecule has 106 valence electrons. The highest BCUT2D eigenvalue weighted by molar-refractivity contribution is 9.13. The fourth-order valence-corrected chi connectivity index (χ4v) is 3.58. The first-order chi connectivity index (χ1) is 10.1. The lowest BCUT2D eigenvalue weighted by Gasteiger charge is -2.04. The summed E-state index contributed by atoms with van der Waals surface area (Å²) in [6.45, 7) is 0. The van der Waals surface area contributed by atoms with Gasteiger partial charge < -0.3 is 5.32 Å². The number of amides is 1. The van der Waals surface area contributed by atoms with Crippen molar-refractivity contribution >= 4 is 54.8 Å². The van der Waals surface area contributed by atoms with E-state index in [2.05, 4.69) is 47.3 Å². The van der Waals surface area contributed by atoms with E-state index in [1.54, 1.807) is 41.5 Å². The Hall–Kier alpha value is -1.51. The Bertz CT molecular complexity index is 749. The van der Waals surface area contributed by atoms with Gasteiger partial charge in [-0.05, 0) is 56.1 Å². The van der Waals surface area contributed by atoms with Crippen LogP contribution < -0.4 is 5.32 Å². The Morgan fingerprint density at radius 3 is 2.76 bits per heavy atom. The second-order valence-corrected chi connectivity index (χ2v) is 7.27. The minimum Gasteiger partial charge on any atom is -0.320 e. The first-order valence-corrected chi connectivity index (χ1v) is 8.26. The number of thiophene rings is 1. The van der Waals surface area contributed by atoms with E-state index in [0.29, 0.717) is 16.4 Å². The summed E-state index contributed by atoms with van der Waals surface area (Å²) >= 11 is 8.10. The average Bonchev–Trinajstić information content (AvgIpc) is 3.11. The molecule has 0 aliphatic carbocycles. The predicted octanol–water partition coefficient (Wildman–Crippen LogP) is 4.11. The van der Waals surface area contributed by atoms with E-state index < -0.39 is 0 Å². The molecule has 0 saturated heterocycles. The smallest absolute Gasteiger partial charge is 0.265 e. The number of rotatable bonds is 3. The minimum atomic E-state index is -0.167. The van der Waals surface area contributed by atoms with Gasteiger partial charge in [-0.1, -0.05) is 0 Å². The number of halogens is 2. The predicted molar refractivity (Wildman–Crippen MR) is 89.0 cm³/mol. The van der Waals surface area contributed by atoms with E-state index in [9.17, 15) is 4.79 Å². The normalized spacial score (nSPS) is 10.6. The molecule has 3 rings (SSSR count). The van der Waals surface area contributed by atoms with E-state index in [1.165, 1.54) is 11.3 Å². The second kappa shape index (κ2) is 6.08. The largest absolute Gasteiger partial charge is 0.320 e. The lowest BCUT2D eigenvalue weighted by Crippen LogP contribution is -2.10. The molecule has 0 spiro atoms. The van der Waals surface area contributed by atoms with Crippen molar-refractivity contribution < 1.29 is 4.79 Å². The molecule has 0 atom stereocenters. The Morgan fingerprint density at radius 1 is 1.33 bits per heavy atom. The third kappa shape index (κ3) is 3.22. The molecule has 5 nitrogen and oxygen atoms in total. The maximum atomic E-state index is 12.1. The van der Waals surface area contributed by atoms with Gasteiger partial charge in [0.05, 0.1) is 20.5 Å². The number of nitrogens with one attached hydrogen (secondary N) is 1. The van der Waals surface area contributed by atoms with Crippen molar-refractivity contribution in [3.05, 3.63) is 56.0 Å². The van der Waals surface area contributed by atoms with E-state index in [4.69, 9.17) is 0 Å². The van der Waals surface area contributed by atoms with Gasteiger partial charge in [0, 0.05) is 16.9 Å². The summed E-state index contributed by atoms with van der Waals surface area (Å²) < 4.78 is 3.41. The van der Waals surface area contributed by atoms with Crippen molar-refractivity contribution in [2.24, 2.45) is 0 Å². The lowest BCUT2D eigenvalue weighted by molar-refractivity contribution is 0.103. The monoisotopic (exact) mass is 426 g/mol. The maximum Gasteiger partial charge on any atom is 0.265 e. The van der Waals surface area contributed by atoms with Gasteiger partial charge in [-0.3, -0.25) is 4.79 Å². The number of hydrogen-bond acceptors (Lipinski definition) is 4. The molecule has 0 saturated carbocycles. The summed E-state index contributed by atoms with van der Waals surface area (Å²) in [5.41, 5.74) is 0.636. The van der Waals surface area contributed by atoms with Gasteiger partial charge in [0.15, 0.2) is 5.82 Å². The third-order valence-corrected chi connectivity index (χ3v) is 5.87. The quantitative estimate of drug-likeness (QED) is 0.684. The van der Waals surface area contributed by atoms with E-state index in [-0.39, 0.29) is 5.91 Å². The zero-order chi connectivity index (χ0) is 14.8. The summed E-state index contributed by atoms with van der Waals surface area (Å²) in [6, 6.07) is 7.18. The Morgan fingerprint density at radius 2 is 2.19 bits per heavy atom. The fourth-order valence-electron chi connectivity index (χ4n) is 1.65. The van der Waals surface area contributed by atoms with Crippen LogP contribution in [0.25, 0.3) is 5.82 Å². The molecule has 21 heavy (non-hydrogen) atoms. The lowest BCUT2D eigenvalue weighted by atomic mass is 10.3. The average molecular weight is 428 g/mol. The fraction of sp³-hybridized carbons (Fsp3) is 0. The van der Waals surface area contributed by atoms with E-state index in [1.807, 2.05) is 6.07 Å². The highest BCUT2D eigenvalue weighted by atomic mass is 79.9. The van der Waals surface area contributed by atoms with Crippen LogP contribution >= 0.6 is 43.2 Å². The molecule has 0 aliphatic rings. The standard InChI is InChI=1S/C13H8Br2N4OS/c14-9-6-10(21-12(9)15)13(20)18-8-2-3-11(16-7-8)19-5-1-4-17-19/h1-7H,(H,18,20). The van der Waals surface area contributed by atoms with Crippen molar-refractivity contribution in [3.8, 4) is 5.82 Å². The van der Waals surface area contributed by atoms with Crippen LogP contribution in [0.2, 0.25) is 0 Å². The molecule has 3 aromatic rings. The van der Waals surface area contributed by atoms with Crippen LogP contribution in [0.5, 0.6) is 0 Å². The van der Waals surface area contributed by atoms with Crippen molar-refractivity contribution in [2.75, 3.05) is 5.32 Å².